The first-order valence-corrected chi connectivity index (χ1v) is 12.0. The molecule has 206 valence electrons. The Balaban J connectivity index is 2.90. The number of amides is 4. The number of aliphatic carboxylic acids is 1. The summed E-state index contributed by atoms with van der Waals surface area (Å²) >= 11 is 0. The van der Waals surface area contributed by atoms with Gasteiger partial charge in [-0.15, -0.1) is 0 Å². The SMILES string of the molecule is CC(C)C(NC(=O)C(N)Cc1ccc(O)cc1)C(=O)NC(CC(N)=O)C(=O)NC(CCCCN)C(=O)O. The fourth-order valence-electron chi connectivity index (χ4n) is 3.47. The Labute approximate surface area is 215 Å². The number of benzene rings is 1. The van der Waals surface area contributed by atoms with Crippen LogP contribution in [0.25, 0.3) is 0 Å². The maximum atomic E-state index is 13.0. The van der Waals surface area contributed by atoms with E-state index in [0.29, 0.717) is 24.9 Å². The van der Waals surface area contributed by atoms with Crippen LogP contribution >= 0.6 is 0 Å². The lowest BCUT2D eigenvalue weighted by molar-refractivity contribution is -0.142. The molecule has 4 unspecified atom stereocenters. The number of aromatic hydroxyl groups is 1. The molecule has 13 heteroatoms. The van der Waals surface area contributed by atoms with Crippen molar-refractivity contribution >= 4 is 29.6 Å². The highest BCUT2D eigenvalue weighted by Gasteiger charge is 2.32. The highest BCUT2D eigenvalue weighted by molar-refractivity contribution is 5.96. The van der Waals surface area contributed by atoms with Crippen LogP contribution in [0.3, 0.4) is 0 Å². The van der Waals surface area contributed by atoms with Crippen LogP contribution in [0.5, 0.6) is 5.75 Å². The Hall–Kier alpha value is -3.71. The zero-order valence-electron chi connectivity index (χ0n) is 21.1. The topological polar surface area (TPSA) is 240 Å². The molecule has 0 aliphatic rings. The number of phenols is 1. The highest BCUT2D eigenvalue weighted by Crippen LogP contribution is 2.12. The molecular weight excluding hydrogens is 484 g/mol. The van der Waals surface area contributed by atoms with Gasteiger partial charge < -0.3 is 43.4 Å². The van der Waals surface area contributed by atoms with Crippen molar-refractivity contribution in [2.24, 2.45) is 23.1 Å². The molecular formula is C24H38N6O7. The lowest BCUT2D eigenvalue weighted by atomic mass is 10.0. The predicted molar refractivity (Wildman–Crippen MR) is 135 cm³/mol. The molecule has 0 heterocycles. The van der Waals surface area contributed by atoms with E-state index < -0.39 is 66.1 Å². The van der Waals surface area contributed by atoms with Crippen LogP contribution in [0, 0.1) is 5.92 Å². The van der Waals surface area contributed by atoms with Gasteiger partial charge in [-0.25, -0.2) is 4.79 Å². The zero-order valence-corrected chi connectivity index (χ0v) is 21.1. The zero-order chi connectivity index (χ0) is 28.1. The van der Waals surface area contributed by atoms with E-state index in [0.717, 1.165) is 0 Å². The van der Waals surface area contributed by atoms with Crippen LogP contribution < -0.4 is 33.2 Å². The number of hydrogen-bond acceptors (Lipinski definition) is 8. The summed E-state index contributed by atoms with van der Waals surface area (Å²) in [6.45, 7) is 3.69. The lowest BCUT2D eigenvalue weighted by Gasteiger charge is -2.26. The minimum absolute atomic E-state index is 0.0677. The molecule has 4 atom stereocenters. The van der Waals surface area contributed by atoms with Crippen LogP contribution in [0.2, 0.25) is 0 Å². The number of primary amides is 1. The van der Waals surface area contributed by atoms with Crippen LogP contribution in [0.4, 0.5) is 0 Å². The predicted octanol–water partition coefficient (Wildman–Crippen LogP) is -1.54. The molecule has 11 N–H and O–H groups in total. The number of carboxylic acid groups (broad SMARTS) is 1. The van der Waals surface area contributed by atoms with Crippen LogP contribution in [0.1, 0.15) is 45.1 Å². The maximum absolute atomic E-state index is 13.0. The van der Waals surface area contributed by atoms with Gasteiger partial charge in [0.2, 0.25) is 23.6 Å². The van der Waals surface area contributed by atoms with Gasteiger partial charge >= 0.3 is 5.97 Å². The van der Waals surface area contributed by atoms with Gasteiger partial charge in [0.15, 0.2) is 0 Å². The number of carbonyl (C=O) groups excluding carboxylic acids is 4. The Morgan fingerprint density at radius 3 is 2.00 bits per heavy atom. The molecule has 13 nitrogen and oxygen atoms in total. The van der Waals surface area contributed by atoms with E-state index in [1.165, 1.54) is 12.1 Å². The third-order valence-electron chi connectivity index (χ3n) is 5.58. The third-order valence-corrected chi connectivity index (χ3v) is 5.58. The molecule has 1 aromatic carbocycles. The number of nitrogens with two attached hydrogens (primary N) is 3. The second kappa shape index (κ2) is 15.4. The minimum Gasteiger partial charge on any atom is -0.508 e. The van der Waals surface area contributed by atoms with E-state index >= 15 is 0 Å². The van der Waals surface area contributed by atoms with Crippen molar-refractivity contribution in [3.8, 4) is 5.75 Å². The Kier molecular flexibility index (Phi) is 13.0. The van der Waals surface area contributed by atoms with Crippen LogP contribution in [-0.2, 0) is 30.4 Å². The molecule has 0 aliphatic heterocycles. The minimum atomic E-state index is -1.45. The van der Waals surface area contributed by atoms with Gasteiger partial charge in [-0.3, -0.25) is 19.2 Å². The fraction of sp³-hybridized carbons (Fsp3) is 0.542. The van der Waals surface area contributed by atoms with Gasteiger partial charge in [0.25, 0.3) is 0 Å². The number of hydrogen-bond donors (Lipinski definition) is 8. The third kappa shape index (κ3) is 11.3. The molecule has 0 aliphatic carbocycles. The monoisotopic (exact) mass is 522 g/mol. The normalized spacial score (nSPS) is 14.2. The molecule has 0 aromatic heterocycles. The van der Waals surface area contributed by atoms with Gasteiger partial charge in [0, 0.05) is 0 Å². The fourth-order valence-corrected chi connectivity index (χ4v) is 3.47. The van der Waals surface area contributed by atoms with E-state index in [1.54, 1.807) is 26.0 Å². The first kappa shape index (κ1) is 31.3. The number of carbonyl (C=O) groups is 5. The molecule has 0 radical (unpaired) electrons. The molecule has 1 aromatic rings. The summed E-state index contributed by atoms with van der Waals surface area (Å²) in [5, 5.41) is 26.1. The number of nitrogens with one attached hydrogen (secondary N) is 3. The molecule has 4 amide bonds. The second-order valence-corrected chi connectivity index (χ2v) is 9.12. The molecule has 0 saturated heterocycles. The van der Waals surface area contributed by atoms with E-state index in [1.807, 2.05) is 0 Å². The number of unbranched alkanes of at least 4 members (excludes halogenated alkanes) is 1. The summed E-state index contributed by atoms with van der Waals surface area (Å²) in [7, 11) is 0. The summed E-state index contributed by atoms with van der Waals surface area (Å²) in [6, 6.07) is 1.33. The summed E-state index contributed by atoms with van der Waals surface area (Å²) in [5.74, 6) is -4.81. The average molecular weight is 523 g/mol. The molecule has 0 bridgehead atoms. The van der Waals surface area contributed by atoms with Gasteiger partial charge in [-0.05, 0) is 55.8 Å². The summed E-state index contributed by atoms with van der Waals surface area (Å²) in [6.07, 6.45) is 0.690. The smallest absolute Gasteiger partial charge is 0.326 e. The first-order valence-electron chi connectivity index (χ1n) is 12.0. The average Bonchev–Trinajstić information content (AvgIpc) is 2.81. The van der Waals surface area contributed by atoms with E-state index in [9.17, 15) is 34.2 Å². The number of phenolic OH excluding ortho intramolecular Hbond substituents is 1. The summed E-state index contributed by atoms with van der Waals surface area (Å²) < 4.78 is 0. The quantitative estimate of drug-likeness (QED) is 0.117. The van der Waals surface area contributed by atoms with Crippen molar-refractivity contribution in [3.63, 3.8) is 0 Å². The first-order chi connectivity index (χ1) is 17.3. The van der Waals surface area contributed by atoms with Crippen molar-refractivity contribution in [2.75, 3.05) is 6.54 Å². The van der Waals surface area contributed by atoms with E-state index in [4.69, 9.17) is 17.2 Å². The highest BCUT2D eigenvalue weighted by atomic mass is 16.4. The number of rotatable bonds is 16. The lowest BCUT2D eigenvalue weighted by Crippen LogP contribution is -2.59. The molecule has 1 rings (SSSR count). The van der Waals surface area contributed by atoms with Gasteiger partial charge in [-0.1, -0.05) is 26.0 Å². The summed E-state index contributed by atoms with van der Waals surface area (Å²) in [4.78, 5) is 61.5. The standard InChI is InChI=1S/C24H38N6O7/c1-13(2)20(30-21(33)16(26)11-14-6-8-15(31)9-7-14)23(35)29-18(12-19(27)32)22(34)28-17(24(36)37)5-3-4-10-25/h6-9,13,16-18,20,31H,3-5,10-12,25-26H2,1-2H3,(H2,27,32)(H,28,34)(H,29,35)(H,30,33)(H,36,37). The van der Waals surface area contributed by atoms with Crippen LogP contribution in [-0.4, -0.2) is 70.5 Å². The van der Waals surface area contributed by atoms with Gasteiger partial charge in [0.1, 0.15) is 23.9 Å². The van der Waals surface area contributed by atoms with Gasteiger partial charge in [0.05, 0.1) is 12.5 Å². The molecule has 0 saturated carbocycles. The van der Waals surface area contributed by atoms with Crippen LogP contribution in [0.15, 0.2) is 24.3 Å². The van der Waals surface area contributed by atoms with Crippen molar-refractivity contribution in [3.05, 3.63) is 29.8 Å². The van der Waals surface area contributed by atoms with Crippen molar-refractivity contribution < 1.29 is 34.2 Å². The number of carboxylic acids is 1. The summed E-state index contributed by atoms with van der Waals surface area (Å²) in [5.41, 5.74) is 17.3. The Morgan fingerprint density at radius 1 is 0.892 bits per heavy atom. The second-order valence-electron chi connectivity index (χ2n) is 9.12. The van der Waals surface area contributed by atoms with E-state index in [2.05, 4.69) is 16.0 Å². The maximum Gasteiger partial charge on any atom is 0.326 e. The van der Waals surface area contributed by atoms with Crippen molar-refractivity contribution in [2.45, 2.75) is 70.1 Å². The van der Waals surface area contributed by atoms with Gasteiger partial charge in [-0.2, -0.15) is 0 Å². The Morgan fingerprint density at radius 2 is 1.49 bits per heavy atom. The molecule has 37 heavy (non-hydrogen) atoms. The van der Waals surface area contributed by atoms with E-state index in [-0.39, 0.29) is 18.6 Å². The largest absolute Gasteiger partial charge is 0.508 e. The van der Waals surface area contributed by atoms with Crippen molar-refractivity contribution in [1.82, 2.24) is 16.0 Å². The molecule has 0 fully saturated rings. The van der Waals surface area contributed by atoms with Crippen molar-refractivity contribution in [1.29, 1.82) is 0 Å². The Bertz CT molecular complexity index is 938. The molecule has 0 spiro atoms.